The second-order valence-corrected chi connectivity index (χ2v) is 5.79. The Hall–Kier alpha value is -1.60. The van der Waals surface area contributed by atoms with E-state index in [9.17, 15) is 4.79 Å². The van der Waals surface area contributed by atoms with E-state index in [1.807, 2.05) is 30.3 Å². The summed E-state index contributed by atoms with van der Waals surface area (Å²) >= 11 is 6.16. The Kier molecular flexibility index (Phi) is 3.88. The van der Waals surface area contributed by atoms with Gasteiger partial charge in [-0.15, -0.1) is 0 Å². The molecule has 0 saturated heterocycles. The van der Waals surface area contributed by atoms with Crippen LogP contribution < -0.4 is 0 Å². The van der Waals surface area contributed by atoms with Crippen LogP contribution in [0, 0.1) is 0 Å². The zero-order valence-electron chi connectivity index (χ0n) is 11.3. The molecule has 20 heavy (non-hydrogen) atoms. The molecule has 0 N–H and O–H groups in total. The first kappa shape index (κ1) is 13.4. The molecule has 0 fully saturated rings. The number of Topliss-reactive ketones (excluding diaryl/α,β-unsaturated/α-hetero) is 1. The van der Waals surface area contributed by atoms with Gasteiger partial charge in [0.2, 0.25) is 0 Å². The maximum Gasteiger partial charge on any atom is 0.144 e. The van der Waals surface area contributed by atoms with Crippen molar-refractivity contribution in [1.29, 1.82) is 0 Å². The van der Waals surface area contributed by atoms with Gasteiger partial charge in [0.25, 0.3) is 0 Å². The summed E-state index contributed by atoms with van der Waals surface area (Å²) in [4.78, 5) is 12.6. The molecule has 2 aromatic carbocycles. The Bertz CT molecular complexity index is 633. The van der Waals surface area contributed by atoms with Crippen LogP contribution in [0.1, 0.15) is 35.4 Å². The summed E-state index contributed by atoms with van der Waals surface area (Å²) in [6, 6.07) is 15.9. The van der Waals surface area contributed by atoms with Crippen molar-refractivity contribution < 1.29 is 4.79 Å². The Morgan fingerprint density at radius 3 is 2.70 bits per heavy atom. The molecule has 0 amide bonds. The smallest absolute Gasteiger partial charge is 0.144 e. The van der Waals surface area contributed by atoms with Gasteiger partial charge in [-0.25, -0.2) is 0 Å². The largest absolute Gasteiger partial charge is 0.299 e. The van der Waals surface area contributed by atoms with Crippen LogP contribution in [-0.4, -0.2) is 5.78 Å². The van der Waals surface area contributed by atoms with Gasteiger partial charge >= 0.3 is 0 Å². The van der Waals surface area contributed by atoms with E-state index in [0.717, 1.165) is 24.8 Å². The minimum absolute atomic E-state index is 0.0382. The minimum atomic E-state index is 0.0382. The van der Waals surface area contributed by atoms with Crippen molar-refractivity contribution in [2.75, 3.05) is 0 Å². The number of hydrogen-bond donors (Lipinski definition) is 0. The first-order chi connectivity index (χ1) is 9.75. The maximum atomic E-state index is 12.6. The van der Waals surface area contributed by atoms with Gasteiger partial charge in [0, 0.05) is 17.4 Å². The summed E-state index contributed by atoms with van der Waals surface area (Å²) < 4.78 is 0. The lowest BCUT2D eigenvalue weighted by Gasteiger charge is -2.24. The molecule has 0 bridgehead atoms. The van der Waals surface area contributed by atoms with Crippen LogP contribution in [0.5, 0.6) is 0 Å². The van der Waals surface area contributed by atoms with Crippen LogP contribution in [0.2, 0.25) is 5.02 Å². The lowest BCUT2D eigenvalue weighted by Crippen LogP contribution is -2.20. The lowest BCUT2D eigenvalue weighted by molar-refractivity contribution is -0.120. The number of halogens is 1. The molecule has 3 rings (SSSR count). The fourth-order valence-corrected chi connectivity index (χ4v) is 3.24. The molecule has 1 nitrogen and oxygen atoms in total. The molecule has 0 saturated carbocycles. The van der Waals surface area contributed by atoms with Crippen LogP contribution in [0.4, 0.5) is 0 Å². The van der Waals surface area contributed by atoms with E-state index in [-0.39, 0.29) is 11.7 Å². The van der Waals surface area contributed by atoms with E-state index in [1.165, 1.54) is 11.1 Å². The molecule has 1 unspecified atom stereocenters. The zero-order valence-corrected chi connectivity index (χ0v) is 12.1. The molecule has 1 aliphatic carbocycles. The van der Waals surface area contributed by atoms with E-state index >= 15 is 0 Å². The summed E-state index contributed by atoms with van der Waals surface area (Å²) in [5.74, 6) is 0.321. The van der Waals surface area contributed by atoms with Crippen LogP contribution in [-0.2, 0) is 17.6 Å². The van der Waals surface area contributed by atoms with E-state index in [0.29, 0.717) is 11.4 Å². The number of ketones is 1. The van der Waals surface area contributed by atoms with Crippen molar-refractivity contribution >= 4 is 17.4 Å². The van der Waals surface area contributed by atoms with Crippen LogP contribution in [0.15, 0.2) is 48.5 Å². The fourth-order valence-electron chi connectivity index (χ4n) is 3.04. The van der Waals surface area contributed by atoms with Crippen LogP contribution >= 0.6 is 11.6 Å². The van der Waals surface area contributed by atoms with Crippen molar-refractivity contribution in [3.63, 3.8) is 0 Å². The average Bonchev–Trinajstić information content (AvgIpc) is 2.49. The van der Waals surface area contributed by atoms with Gasteiger partial charge in [0.15, 0.2) is 0 Å². The molecule has 2 heteroatoms. The lowest BCUT2D eigenvalue weighted by atomic mass is 9.79. The molecule has 102 valence electrons. The number of aryl methyl sites for hydroxylation is 1. The summed E-state index contributed by atoms with van der Waals surface area (Å²) in [5.41, 5.74) is 3.48. The van der Waals surface area contributed by atoms with E-state index in [1.54, 1.807) is 0 Å². The predicted molar refractivity (Wildman–Crippen MR) is 82.3 cm³/mol. The quantitative estimate of drug-likeness (QED) is 0.807. The van der Waals surface area contributed by atoms with E-state index in [4.69, 9.17) is 11.6 Å². The third kappa shape index (κ3) is 2.64. The normalized spacial score (nSPS) is 17.6. The predicted octanol–water partition coefficient (Wildman–Crippen LogP) is 4.57. The number of rotatable bonds is 3. The Labute approximate surface area is 124 Å². The van der Waals surface area contributed by atoms with E-state index in [2.05, 4.69) is 18.2 Å². The highest BCUT2D eigenvalue weighted by Gasteiger charge is 2.26. The summed E-state index contributed by atoms with van der Waals surface area (Å²) in [7, 11) is 0. The molecule has 1 aliphatic rings. The zero-order chi connectivity index (χ0) is 13.9. The summed E-state index contributed by atoms with van der Waals surface area (Å²) in [5, 5.41) is 0.685. The topological polar surface area (TPSA) is 17.1 Å². The molecular weight excluding hydrogens is 268 g/mol. The first-order valence-corrected chi connectivity index (χ1v) is 7.47. The third-order valence-electron chi connectivity index (χ3n) is 4.08. The van der Waals surface area contributed by atoms with Crippen molar-refractivity contribution in [2.24, 2.45) is 0 Å². The molecule has 0 spiro atoms. The van der Waals surface area contributed by atoms with Crippen molar-refractivity contribution in [3.8, 4) is 0 Å². The number of fused-ring (bicyclic) bond motifs is 1. The van der Waals surface area contributed by atoms with Gasteiger partial charge in [0.05, 0.1) is 0 Å². The Balaban J connectivity index is 1.84. The number of carbonyl (C=O) groups is 1. The molecule has 0 aliphatic heterocycles. The monoisotopic (exact) mass is 284 g/mol. The number of benzene rings is 2. The van der Waals surface area contributed by atoms with Gasteiger partial charge in [-0.2, -0.15) is 0 Å². The molecular formula is C18H17ClO. The molecule has 0 radical (unpaired) electrons. The highest BCUT2D eigenvalue weighted by Crippen LogP contribution is 2.33. The van der Waals surface area contributed by atoms with Gasteiger partial charge in [0.1, 0.15) is 5.78 Å². The van der Waals surface area contributed by atoms with Crippen LogP contribution in [0.3, 0.4) is 0 Å². The third-order valence-corrected chi connectivity index (χ3v) is 4.45. The molecule has 2 aromatic rings. The van der Waals surface area contributed by atoms with Crippen LogP contribution in [0.25, 0.3) is 0 Å². The maximum absolute atomic E-state index is 12.6. The molecule has 0 heterocycles. The van der Waals surface area contributed by atoms with Crippen molar-refractivity contribution in [1.82, 2.24) is 0 Å². The fraction of sp³-hybridized carbons (Fsp3) is 0.278. The minimum Gasteiger partial charge on any atom is -0.299 e. The van der Waals surface area contributed by atoms with Gasteiger partial charge in [-0.05, 0) is 42.0 Å². The number of hydrogen-bond acceptors (Lipinski definition) is 1. The highest BCUT2D eigenvalue weighted by molar-refractivity contribution is 6.31. The second kappa shape index (κ2) is 5.80. The average molecular weight is 285 g/mol. The number of carbonyl (C=O) groups excluding carboxylic acids is 1. The van der Waals surface area contributed by atoms with Crippen molar-refractivity contribution in [3.05, 3.63) is 70.2 Å². The van der Waals surface area contributed by atoms with Gasteiger partial charge < -0.3 is 0 Å². The Morgan fingerprint density at radius 2 is 1.85 bits per heavy atom. The van der Waals surface area contributed by atoms with Gasteiger partial charge in [-0.1, -0.05) is 54.1 Å². The molecule has 1 atom stereocenters. The summed E-state index contributed by atoms with van der Waals surface area (Å²) in [6.45, 7) is 0. The summed E-state index contributed by atoms with van der Waals surface area (Å²) in [6.07, 6.45) is 3.57. The van der Waals surface area contributed by atoms with Crippen molar-refractivity contribution in [2.45, 2.75) is 31.6 Å². The second-order valence-electron chi connectivity index (χ2n) is 5.38. The highest BCUT2D eigenvalue weighted by atomic mass is 35.5. The SMILES string of the molecule is O=C(Cc1ccccc1Cl)C1CCCc2ccccc21. The Morgan fingerprint density at radius 1 is 1.10 bits per heavy atom. The van der Waals surface area contributed by atoms with Gasteiger partial charge in [-0.3, -0.25) is 4.79 Å². The van der Waals surface area contributed by atoms with E-state index < -0.39 is 0 Å². The standard InChI is InChI=1S/C18H17ClO/c19-17-11-4-2-7-14(17)12-18(20)16-10-5-8-13-6-1-3-9-15(13)16/h1-4,6-7,9,11,16H,5,8,10,12H2. The molecule has 0 aromatic heterocycles. The first-order valence-electron chi connectivity index (χ1n) is 7.09.